The van der Waals surface area contributed by atoms with Gasteiger partial charge >= 0.3 is 0 Å². The molecule has 1 fully saturated rings. The van der Waals surface area contributed by atoms with E-state index in [2.05, 4.69) is 0 Å². The van der Waals surface area contributed by atoms with Gasteiger partial charge < -0.3 is 5.11 Å². The van der Waals surface area contributed by atoms with Gasteiger partial charge in [0.15, 0.2) is 11.6 Å². The van der Waals surface area contributed by atoms with Gasteiger partial charge in [0.25, 0.3) is 0 Å². The molecular formula is C11H11F3O. The molecule has 0 amide bonds. The highest BCUT2D eigenvalue weighted by molar-refractivity contribution is 5.27. The lowest BCUT2D eigenvalue weighted by Gasteiger charge is -2.23. The lowest BCUT2D eigenvalue weighted by molar-refractivity contribution is 0.0402. The van der Waals surface area contributed by atoms with E-state index in [1.165, 1.54) is 0 Å². The third-order valence-corrected chi connectivity index (χ3v) is 2.94. The van der Waals surface area contributed by atoms with Gasteiger partial charge in [-0.05, 0) is 18.9 Å². The zero-order valence-electron chi connectivity index (χ0n) is 8.06. The van der Waals surface area contributed by atoms with Crippen LogP contribution in [-0.4, -0.2) is 5.11 Å². The summed E-state index contributed by atoms with van der Waals surface area (Å²) in [4.78, 5) is 0. The molecule has 1 aliphatic rings. The Morgan fingerprint density at radius 1 is 0.933 bits per heavy atom. The summed E-state index contributed by atoms with van der Waals surface area (Å²) in [6.07, 6.45) is 2.34. The molecule has 0 atom stereocenters. The second kappa shape index (κ2) is 3.52. The standard InChI is InChI=1S/C11H11F3O/c12-8-6-10(14)9(13)5-7(8)11(15)3-1-2-4-11/h5-6,15H,1-4H2. The predicted octanol–water partition coefficient (Wildman–Crippen LogP) is 2.87. The average Bonchev–Trinajstić information content (AvgIpc) is 2.60. The van der Waals surface area contributed by atoms with Crippen molar-refractivity contribution in [2.75, 3.05) is 0 Å². The number of benzene rings is 1. The van der Waals surface area contributed by atoms with Crippen LogP contribution in [0.4, 0.5) is 13.2 Å². The molecule has 2 rings (SSSR count). The zero-order valence-corrected chi connectivity index (χ0v) is 8.06. The van der Waals surface area contributed by atoms with Crippen molar-refractivity contribution in [1.29, 1.82) is 0 Å². The maximum absolute atomic E-state index is 13.4. The Bertz CT molecular complexity index is 384. The van der Waals surface area contributed by atoms with Crippen molar-refractivity contribution in [1.82, 2.24) is 0 Å². The Balaban J connectivity index is 2.48. The molecule has 0 aromatic heterocycles. The topological polar surface area (TPSA) is 20.2 Å². The number of hydrogen-bond acceptors (Lipinski definition) is 1. The zero-order chi connectivity index (χ0) is 11.1. The molecule has 1 aromatic carbocycles. The van der Waals surface area contributed by atoms with E-state index in [0.717, 1.165) is 18.9 Å². The minimum absolute atomic E-state index is 0.126. The Morgan fingerprint density at radius 3 is 2.07 bits per heavy atom. The number of hydrogen-bond donors (Lipinski definition) is 1. The van der Waals surface area contributed by atoms with E-state index in [-0.39, 0.29) is 5.56 Å². The molecule has 0 saturated heterocycles. The Kier molecular flexibility index (Phi) is 2.46. The highest BCUT2D eigenvalue weighted by Crippen LogP contribution is 2.40. The highest BCUT2D eigenvalue weighted by atomic mass is 19.2. The molecule has 1 nitrogen and oxygen atoms in total. The third kappa shape index (κ3) is 1.74. The van der Waals surface area contributed by atoms with Gasteiger partial charge in [-0.1, -0.05) is 12.8 Å². The molecular weight excluding hydrogens is 205 g/mol. The molecule has 1 N–H and O–H groups in total. The lowest BCUT2D eigenvalue weighted by Crippen LogP contribution is -2.23. The molecule has 0 bridgehead atoms. The summed E-state index contributed by atoms with van der Waals surface area (Å²) in [5.74, 6) is -3.22. The van der Waals surface area contributed by atoms with Crippen LogP contribution in [-0.2, 0) is 5.60 Å². The third-order valence-electron chi connectivity index (χ3n) is 2.94. The van der Waals surface area contributed by atoms with Gasteiger partial charge in [-0.25, -0.2) is 13.2 Å². The van der Waals surface area contributed by atoms with Crippen molar-refractivity contribution in [2.45, 2.75) is 31.3 Å². The number of aliphatic hydroxyl groups is 1. The fourth-order valence-corrected chi connectivity index (χ4v) is 2.11. The van der Waals surface area contributed by atoms with Crippen LogP contribution in [0.25, 0.3) is 0 Å². The Labute approximate surface area is 85.5 Å². The van der Waals surface area contributed by atoms with Crippen molar-refractivity contribution < 1.29 is 18.3 Å². The van der Waals surface area contributed by atoms with E-state index in [0.29, 0.717) is 18.9 Å². The fourth-order valence-electron chi connectivity index (χ4n) is 2.11. The van der Waals surface area contributed by atoms with Gasteiger partial charge in [0, 0.05) is 11.6 Å². The summed E-state index contributed by atoms with van der Waals surface area (Å²) in [5, 5.41) is 10.0. The summed E-state index contributed by atoms with van der Waals surface area (Å²) >= 11 is 0. The first-order chi connectivity index (χ1) is 7.03. The normalized spacial score (nSPS) is 19.5. The van der Waals surface area contributed by atoms with Gasteiger partial charge in [-0.3, -0.25) is 0 Å². The van der Waals surface area contributed by atoms with Gasteiger partial charge in [0.05, 0.1) is 5.60 Å². The summed E-state index contributed by atoms with van der Waals surface area (Å²) in [7, 11) is 0. The monoisotopic (exact) mass is 216 g/mol. The van der Waals surface area contributed by atoms with Crippen molar-refractivity contribution in [3.05, 3.63) is 35.1 Å². The fraction of sp³-hybridized carbons (Fsp3) is 0.455. The van der Waals surface area contributed by atoms with Crippen molar-refractivity contribution in [2.24, 2.45) is 0 Å². The summed E-state index contributed by atoms with van der Waals surface area (Å²) in [5.41, 5.74) is -1.45. The second-order valence-electron chi connectivity index (χ2n) is 3.98. The van der Waals surface area contributed by atoms with Crippen molar-refractivity contribution in [3.63, 3.8) is 0 Å². The van der Waals surface area contributed by atoms with E-state index in [1.807, 2.05) is 0 Å². The van der Waals surface area contributed by atoms with Crippen LogP contribution < -0.4 is 0 Å². The number of halogens is 3. The van der Waals surface area contributed by atoms with Crippen LogP contribution in [0, 0.1) is 17.5 Å². The van der Waals surface area contributed by atoms with Crippen molar-refractivity contribution >= 4 is 0 Å². The van der Waals surface area contributed by atoms with Gasteiger partial charge in [0.1, 0.15) is 5.82 Å². The Hall–Kier alpha value is -1.03. The minimum atomic E-state index is -1.32. The molecule has 0 unspecified atom stereocenters. The van der Waals surface area contributed by atoms with Crippen molar-refractivity contribution in [3.8, 4) is 0 Å². The van der Waals surface area contributed by atoms with Crippen LogP contribution >= 0.6 is 0 Å². The largest absolute Gasteiger partial charge is 0.385 e. The van der Waals surface area contributed by atoms with Crippen LogP contribution in [0.1, 0.15) is 31.2 Å². The predicted molar refractivity (Wildman–Crippen MR) is 48.7 cm³/mol. The average molecular weight is 216 g/mol. The molecule has 4 heteroatoms. The van der Waals surface area contributed by atoms with Crippen LogP contribution in [0.2, 0.25) is 0 Å². The molecule has 1 aliphatic carbocycles. The lowest BCUT2D eigenvalue weighted by atomic mass is 9.91. The maximum Gasteiger partial charge on any atom is 0.161 e. The van der Waals surface area contributed by atoms with Gasteiger partial charge in [-0.2, -0.15) is 0 Å². The molecule has 1 saturated carbocycles. The van der Waals surface area contributed by atoms with E-state index in [9.17, 15) is 18.3 Å². The minimum Gasteiger partial charge on any atom is -0.385 e. The summed E-state index contributed by atoms with van der Waals surface area (Å²) < 4.78 is 39.0. The first-order valence-electron chi connectivity index (χ1n) is 4.90. The van der Waals surface area contributed by atoms with Crippen LogP contribution in [0.3, 0.4) is 0 Å². The Morgan fingerprint density at radius 2 is 1.47 bits per heavy atom. The van der Waals surface area contributed by atoms with Crippen LogP contribution in [0.15, 0.2) is 12.1 Å². The molecule has 0 radical (unpaired) electrons. The van der Waals surface area contributed by atoms with E-state index >= 15 is 0 Å². The van der Waals surface area contributed by atoms with Gasteiger partial charge in [-0.15, -0.1) is 0 Å². The molecule has 15 heavy (non-hydrogen) atoms. The first kappa shape index (κ1) is 10.5. The highest BCUT2D eigenvalue weighted by Gasteiger charge is 2.36. The molecule has 82 valence electrons. The second-order valence-corrected chi connectivity index (χ2v) is 3.98. The molecule has 0 heterocycles. The molecule has 1 aromatic rings. The van der Waals surface area contributed by atoms with E-state index in [1.54, 1.807) is 0 Å². The van der Waals surface area contributed by atoms with E-state index in [4.69, 9.17) is 0 Å². The smallest absolute Gasteiger partial charge is 0.161 e. The summed E-state index contributed by atoms with van der Waals surface area (Å²) in [6.45, 7) is 0. The maximum atomic E-state index is 13.4. The molecule has 0 aliphatic heterocycles. The molecule has 0 spiro atoms. The van der Waals surface area contributed by atoms with Crippen LogP contribution in [0.5, 0.6) is 0 Å². The van der Waals surface area contributed by atoms with Gasteiger partial charge in [0.2, 0.25) is 0 Å². The summed E-state index contributed by atoms with van der Waals surface area (Å²) in [6, 6.07) is 1.25. The quantitative estimate of drug-likeness (QED) is 0.715. The first-order valence-corrected chi connectivity index (χ1v) is 4.90. The van der Waals surface area contributed by atoms with E-state index < -0.39 is 23.1 Å². The number of rotatable bonds is 1. The SMILES string of the molecule is OC1(c2cc(F)c(F)cc2F)CCCC1.